The summed E-state index contributed by atoms with van der Waals surface area (Å²) in [7, 11) is -2.14. The van der Waals surface area contributed by atoms with E-state index in [2.05, 4.69) is 0 Å². The van der Waals surface area contributed by atoms with Crippen LogP contribution in [0, 0.1) is 0 Å². The Morgan fingerprint density at radius 3 is 2.61 bits per heavy atom. The Morgan fingerprint density at radius 2 is 2.11 bits per heavy atom. The lowest BCUT2D eigenvalue weighted by atomic mass is 10.1. The molecule has 0 bridgehead atoms. The molecule has 2 rings (SSSR count). The fraction of sp³-hybridized carbons (Fsp3) is 0.364. The lowest BCUT2D eigenvalue weighted by Gasteiger charge is -2.06. The summed E-state index contributed by atoms with van der Waals surface area (Å²) in [5, 5.41) is 0. The average Bonchev–Trinajstić information content (AvgIpc) is 3.07. The summed E-state index contributed by atoms with van der Waals surface area (Å²) < 4.78 is 36.9. The first-order valence-corrected chi connectivity index (χ1v) is 6.93. The molecule has 18 heavy (non-hydrogen) atoms. The third-order valence-corrected chi connectivity index (χ3v) is 2.90. The van der Waals surface area contributed by atoms with Gasteiger partial charge in [0.2, 0.25) is 0 Å². The number of epoxide rings is 1. The van der Waals surface area contributed by atoms with Gasteiger partial charge in [-0.3, -0.25) is 4.79 Å². The lowest BCUT2D eigenvalue weighted by molar-refractivity contribution is 0.0950. The summed E-state index contributed by atoms with van der Waals surface area (Å²) in [6.45, 7) is 0. The highest BCUT2D eigenvalue weighted by Gasteiger charge is 2.40. The van der Waals surface area contributed by atoms with Gasteiger partial charge in [0.25, 0.3) is 0 Å². The van der Waals surface area contributed by atoms with E-state index in [0.717, 1.165) is 11.8 Å². The normalized spacial score (nSPS) is 22.6. The molecule has 0 aliphatic carbocycles. The number of carbonyl (C=O) groups excluding carboxylic acids is 1. The Kier molecular flexibility index (Phi) is 3.38. The first kappa shape index (κ1) is 13.0. The molecule has 1 fully saturated rings. The highest BCUT2D eigenvalue weighted by molar-refractivity contribution is 7.86. The summed E-state index contributed by atoms with van der Waals surface area (Å²) in [6.07, 6.45) is 0.918. The predicted octanol–water partition coefficient (Wildman–Crippen LogP) is 0.881. The van der Waals surface area contributed by atoms with Crippen LogP contribution in [0.4, 0.5) is 0 Å². The molecule has 2 unspecified atom stereocenters. The van der Waals surface area contributed by atoms with Gasteiger partial charge >= 0.3 is 10.1 Å². The number of benzene rings is 1. The number of carbonyl (C=O) groups is 1. The summed E-state index contributed by atoms with van der Waals surface area (Å²) in [5.74, 6) is 0.00543. The zero-order valence-corrected chi connectivity index (χ0v) is 10.6. The van der Waals surface area contributed by atoms with Crippen molar-refractivity contribution in [2.45, 2.75) is 12.4 Å². The maximum Gasteiger partial charge on any atom is 0.306 e. The second-order valence-electron chi connectivity index (χ2n) is 3.86. The third kappa shape index (κ3) is 2.87. The minimum absolute atomic E-state index is 0.00543. The predicted molar refractivity (Wildman–Crippen MR) is 61.9 cm³/mol. The molecule has 1 saturated heterocycles. The maximum atomic E-state index is 11.0. The highest BCUT2D eigenvalue weighted by Crippen LogP contribution is 2.40. The zero-order valence-electron chi connectivity index (χ0n) is 9.82. The Labute approximate surface area is 105 Å². The van der Waals surface area contributed by atoms with Gasteiger partial charge in [0, 0.05) is 7.11 Å². The largest absolute Gasteiger partial charge is 0.382 e. The van der Waals surface area contributed by atoms with Crippen LogP contribution < -0.4 is 4.18 Å². The quantitative estimate of drug-likeness (QED) is 0.449. The van der Waals surface area contributed by atoms with E-state index in [1.54, 1.807) is 6.07 Å². The van der Waals surface area contributed by atoms with Gasteiger partial charge in [-0.15, -0.1) is 0 Å². The van der Waals surface area contributed by atoms with Crippen LogP contribution in [0.2, 0.25) is 0 Å². The maximum absolute atomic E-state index is 11.0. The molecule has 0 aromatic heterocycles. The molecule has 1 aromatic carbocycles. The van der Waals surface area contributed by atoms with E-state index in [0.29, 0.717) is 6.29 Å². The summed E-state index contributed by atoms with van der Waals surface area (Å²) in [6, 6.07) is 4.59. The van der Waals surface area contributed by atoms with Crippen molar-refractivity contribution in [2.24, 2.45) is 0 Å². The minimum atomic E-state index is -3.66. The van der Waals surface area contributed by atoms with Crippen molar-refractivity contribution in [3.8, 4) is 5.75 Å². The van der Waals surface area contributed by atoms with Gasteiger partial charge in [-0.1, -0.05) is 6.07 Å². The minimum Gasteiger partial charge on any atom is -0.382 e. The van der Waals surface area contributed by atoms with Gasteiger partial charge in [0.05, 0.1) is 11.8 Å². The van der Waals surface area contributed by atoms with E-state index in [-0.39, 0.29) is 23.7 Å². The zero-order chi connectivity index (χ0) is 13.3. The van der Waals surface area contributed by atoms with Crippen LogP contribution in [-0.2, 0) is 19.6 Å². The number of hydrogen-bond acceptors (Lipinski definition) is 6. The molecule has 1 aliphatic rings. The van der Waals surface area contributed by atoms with Crippen molar-refractivity contribution in [1.29, 1.82) is 0 Å². The fourth-order valence-corrected chi connectivity index (χ4v) is 2.07. The molecule has 2 atom stereocenters. The first-order chi connectivity index (χ1) is 8.44. The molecule has 7 heteroatoms. The molecule has 0 N–H and O–H groups in total. The van der Waals surface area contributed by atoms with Crippen LogP contribution in [0.1, 0.15) is 22.0 Å². The number of hydrogen-bond donors (Lipinski definition) is 0. The molecule has 0 saturated carbocycles. The molecular formula is C11H12O6S. The number of ether oxygens (including phenoxy) is 2. The van der Waals surface area contributed by atoms with Crippen LogP contribution in [0.15, 0.2) is 18.2 Å². The van der Waals surface area contributed by atoms with Crippen molar-refractivity contribution in [2.75, 3.05) is 13.4 Å². The molecule has 1 aromatic rings. The van der Waals surface area contributed by atoms with E-state index in [9.17, 15) is 13.2 Å². The van der Waals surface area contributed by atoms with Crippen LogP contribution in [0.5, 0.6) is 5.75 Å². The molecule has 0 spiro atoms. The average molecular weight is 272 g/mol. The van der Waals surface area contributed by atoms with E-state index in [1.165, 1.54) is 19.2 Å². The van der Waals surface area contributed by atoms with Gasteiger partial charge < -0.3 is 13.7 Å². The summed E-state index contributed by atoms with van der Waals surface area (Å²) in [5.41, 5.74) is 0.896. The van der Waals surface area contributed by atoms with Crippen LogP contribution in [-0.4, -0.2) is 34.4 Å². The second-order valence-corrected chi connectivity index (χ2v) is 5.44. The summed E-state index contributed by atoms with van der Waals surface area (Å²) >= 11 is 0. The second kappa shape index (κ2) is 4.68. The van der Waals surface area contributed by atoms with Crippen LogP contribution in [0.25, 0.3) is 0 Å². The van der Waals surface area contributed by atoms with Gasteiger partial charge in [0.15, 0.2) is 18.3 Å². The number of aldehydes is 1. The topological polar surface area (TPSA) is 82.2 Å². The molecule has 0 amide bonds. The van der Waals surface area contributed by atoms with E-state index in [4.69, 9.17) is 13.7 Å². The Balaban J connectivity index is 2.27. The van der Waals surface area contributed by atoms with Crippen LogP contribution >= 0.6 is 0 Å². The van der Waals surface area contributed by atoms with E-state index in [1.807, 2.05) is 0 Å². The van der Waals surface area contributed by atoms with Crippen molar-refractivity contribution in [1.82, 2.24) is 0 Å². The van der Waals surface area contributed by atoms with E-state index >= 15 is 0 Å². The Morgan fingerprint density at radius 1 is 1.39 bits per heavy atom. The van der Waals surface area contributed by atoms with Crippen molar-refractivity contribution < 1.29 is 26.9 Å². The van der Waals surface area contributed by atoms with E-state index < -0.39 is 10.1 Å². The highest BCUT2D eigenvalue weighted by atomic mass is 32.2. The molecular weight excluding hydrogens is 260 g/mol. The monoisotopic (exact) mass is 272 g/mol. The van der Waals surface area contributed by atoms with Crippen molar-refractivity contribution >= 4 is 16.4 Å². The Bertz CT molecular complexity index is 565. The van der Waals surface area contributed by atoms with Gasteiger partial charge in [-0.05, 0) is 17.7 Å². The number of methoxy groups -OCH3 is 1. The van der Waals surface area contributed by atoms with Gasteiger partial charge in [0.1, 0.15) is 6.10 Å². The van der Waals surface area contributed by atoms with Gasteiger partial charge in [-0.2, -0.15) is 8.42 Å². The standard InChI is InChI=1S/C11H12O6S/c1-15-11-10(16-11)7-3-4-9(8(5-7)6-12)17-18(2,13)14/h3-6,10-11H,1-2H3. The lowest BCUT2D eigenvalue weighted by Crippen LogP contribution is -2.07. The Hall–Kier alpha value is -1.44. The third-order valence-electron chi connectivity index (χ3n) is 2.41. The van der Waals surface area contributed by atoms with Crippen LogP contribution in [0.3, 0.4) is 0 Å². The summed E-state index contributed by atoms with van der Waals surface area (Å²) in [4.78, 5) is 10.9. The SMILES string of the molecule is COC1OC1c1ccc(OS(C)(=O)=O)c(C=O)c1. The molecule has 1 heterocycles. The molecule has 98 valence electrons. The van der Waals surface area contributed by atoms with Crippen molar-refractivity contribution in [3.05, 3.63) is 29.3 Å². The molecule has 1 aliphatic heterocycles. The number of rotatable bonds is 5. The smallest absolute Gasteiger partial charge is 0.306 e. The fourth-order valence-electron chi connectivity index (χ4n) is 1.59. The molecule has 0 radical (unpaired) electrons. The first-order valence-electron chi connectivity index (χ1n) is 5.11. The van der Waals surface area contributed by atoms with Gasteiger partial charge in [-0.25, -0.2) is 0 Å². The van der Waals surface area contributed by atoms with Crippen molar-refractivity contribution in [3.63, 3.8) is 0 Å². The molecule has 6 nitrogen and oxygen atoms in total.